The van der Waals surface area contributed by atoms with E-state index in [1.165, 1.54) is 0 Å². The van der Waals surface area contributed by atoms with Gasteiger partial charge in [-0.15, -0.1) is 12.4 Å². The lowest BCUT2D eigenvalue weighted by Gasteiger charge is -2.23. The first-order valence-electron chi connectivity index (χ1n) is 6.78. The Morgan fingerprint density at radius 2 is 2.04 bits per heavy atom. The Bertz CT molecular complexity index is 633. The van der Waals surface area contributed by atoms with Gasteiger partial charge in [0.05, 0.1) is 10.6 Å². The molecule has 10 heteroatoms. The van der Waals surface area contributed by atoms with Crippen molar-refractivity contribution in [1.82, 2.24) is 10.0 Å². The van der Waals surface area contributed by atoms with Crippen LogP contribution in [0.25, 0.3) is 0 Å². The van der Waals surface area contributed by atoms with Gasteiger partial charge in [0.1, 0.15) is 4.90 Å². The van der Waals surface area contributed by atoms with E-state index in [0.29, 0.717) is 12.6 Å². The Kier molecular flexibility index (Phi) is 7.15. The zero-order chi connectivity index (χ0) is 16.4. The lowest BCUT2D eigenvalue weighted by molar-refractivity contribution is -0.139. The van der Waals surface area contributed by atoms with Crippen molar-refractivity contribution in [3.8, 4) is 0 Å². The van der Waals surface area contributed by atoms with Crippen LogP contribution in [0, 0.1) is 5.92 Å². The summed E-state index contributed by atoms with van der Waals surface area (Å²) in [7, 11) is -4.33. The number of hydrogen-bond acceptors (Lipinski definition) is 3. The lowest BCUT2D eigenvalue weighted by atomic mass is 10.0. The molecule has 1 saturated heterocycles. The van der Waals surface area contributed by atoms with Gasteiger partial charge in [-0.2, -0.15) is 13.2 Å². The summed E-state index contributed by atoms with van der Waals surface area (Å²) in [5.41, 5.74) is -1.26. The van der Waals surface area contributed by atoms with Gasteiger partial charge in [0.25, 0.3) is 0 Å². The molecule has 0 radical (unpaired) electrons. The first-order valence-corrected chi connectivity index (χ1v) is 8.64. The minimum absolute atomic E-state index is 0. The summed E-state index contributed by atoms with van der Waals surface area (Å²) in [5, 5.41) is 2.68. The van der Waals surface area contributed by atoms with Gasteiger partial charge in [-0.3, -0.25) is 0 Å². The third-order valence-corrected chi connectivity index (χ3v) is 5.45. The molecule has 1 aromatic rings. The summed E-state index contributed by atoms with van der Waals surface area (Å²) in [6, 6.07) is 2.92. The number of alkyl halides is 3. The maximum atomic E-state index is 13.0. The number of piperidine rings is 1. The van der Waals surface area contributed by atoms with Gasteiger partial charge in [-0.25, -0.2) is 13.1 Å². The number of hydrogen-bond donors (Lipinski definition) is 2. The molecule has 0 amide bonds. The van der Waals surface area contributed by atoms with Crippen LogP contribution in [0.2, 0.25) is 5.02 Å². The molecule has 4 nitrogen and oxygen atoms in total. The van der Waals surface area contributed by atoms with Crippen molar-refractivity contribution in [3.05, 3.63) is 28.8 Å². The van der Waals surface area contributed by atoms with Crippen molar-refractivity contribution < 1.29 is 21.6 Å². The van der Waals surface area contributed by atoms with Crippen LogP contribution >= 0.6 is 24.0 Å². The Labute approximate surface area is 144 Å². The first-order chi connectivity index (χ1) is 10.2. The Morgan fingerprint density at radius 3 is 2.61 bits per heavy atom. The van der Waals surface area contributed by atoms with Crippen LogP contribution in [0.15, 0.2) is 23.1 Å². The van der Waals surface area contributed by atoms with Crippen molar-refractivity contribution in [2.75, 3.05) is 19.6 Å². The highest BCUT2D eigenvalue weighted by molar-refractivity contribution is 7.89. The Hall–Kier alpha value is -0.540. The topological polar surface area (TPSA) is 58.2 Å². The Morgan fingerprint density at radius 1 is 1.35 bits per heavy atom. The van der Waals surface area contributed by atoms with Crippen molar-refractivity contribution in [3.63, 3.8) is 0 Å². The van der Waals surface area contributed by atoms with Crippen LogP contribution in [0.3, 0.4) is 0 Å². The molecule has 2 N–H and O–H groups in total. The highest BCUT2D eigenvalue weighted by Gasteiger charge is 2.38. The minimum atomic E-state index is -4.79. The smallest absolute Gasteiger partial charge is 0.316 e. The third kappa shape index (κ3) is 5.22. The molecule has 0 aliphatic carbocycles. The van der Waals surface area contributed by atoms with Crippen molar-refractivity contribution >= 4 is 34.0 Å². The van der Waals surface area contributed by atoms with E-state index in [1.54, 1.807) is 0 Å². The average Bonchev–Trinajstić information content (AvgIpc) is 2.45. The molecule has 0 aromatic heterocycles. The fourth-order valence-electron chi connectivity index (χ4n) is 2.40. The third-order valence-electron chi connectivity index (χ3n) is 3.50. The summed E-state index contributed by atoms with van der Waals surface area (Å²) >= 11 is 5.71. The second-order valence-electron chi connectivity index (χ2n) is 5.18. The van der Waals surface area contributed by atoms with Gasteiger partial charge in [-0.1, -0.05) is 17.7 Å². The zero-order valence-corrected chi connectivity index (χ0v) is 14.4. The molecule has 1 heterocycles. The molecular weight excluding hydrogens is 376 g/mol. The molecule has 0 bridgehead atoms. The van der Waals surface area contributed by atoms with Crippen LogP contribution in [0.1, 0.15) is 18.4 Å². The molecule has 1 unspecified atom stereocenters. The second kappa shape index (κ2) is 8.02. The molecule has 0 saturated carbocycles. The number of rotatable bonds is 4. The predicted molar refractivity (Wildman–Crippen MR) is 84.5 cm³/mol. The molecule has 2 rings (SSSR count). The SMILES string of the molecule is Cl.O=S(=O)(NCC1CCCNC1)c1c(Cl)cccc1C(F)(F)F. The van der Waals surface area contributed by atoms with E-state index in [9.17, 15) is 21.6 Å². The number of nitrogens with one attached hydrogen (secondary N) is 2. The fourth-order valence-corrected chi connectivity index (χ4v) is 4.28. The van der Waals surface area contributed by atoms with Gasteiger partial charge in [0.15, 0.2) is 0 Å². The zero-order valence-electron chi connectivity index (χ0n) is 12.0. The summed E-state index contributed by atoms with van der Waals surface area (Å²) in [6.45, 7) is 1.58. The predicted octanol–water partition coefficient (Wildman–Crippen LogP) is 3.06. The van der Waals surface area contributed by atoms with Crippen molar-refractivity contribution in [2.24, 2.45) is 5.92 Å². The average molecular weight is 393 g/mol. The summed E-state index contributed by atoms with van der Waals surface area (Å²) in [4.78, 5) is -0.909. The van der Waals surface area contributed by atoms with Crippen LogP contribution in [-0.2, 0) is 16.2 Å². The van der Waals surface area contributed by atoms with Gasteiger partial charge < -0.3 is 5.32 Å². The number of sulfonamides is 1. The van der Waals surface area contributed by atoms with Gasteiger partial charge in [0.2, 0.25) is 10.0 Å². The monoisotopic (exact) mass is 392 g/mol. The highest BCUT2D eigenvalue weighted by Crippen LogP contribution is 2.37. The van der Waals surface area contributed by atoms with E-state index in [4.69, 9.17) is 11.6 Å². The second-order valence-corrected chi connectivity index (χ2v) is 7.29. The van der Waals surface area contributed by atoms with E-state index in [-0.39, 0.29) is 24.9 Å². The van der Waals surface area contributed by atoms with E-state index in [0.717, 1.165) is 31.5 Å². The van der Waals surface area contributed by atoms with Crippen LogP contribution in [-0.4, -0.2) is 28.1 Å². The molecular formula is C13H17Cl2F3N2O2S. The molecule has 23 heavy (non-hydrogen) atoms. The standard InChI is InChI=1S/C13H16ClF3N2O2S.ClH/c14-11-5-1-4-10(13(15,16)17)12(11)22(20,21)19-8-9-3-2-6-18-7-9;/h1,4-5,9,18-19H,2-3,6-8H2;1H. The summed E-state index contributed by atoms with van der Waals surface area (Å²) < 4.78 is 65.7. The largest absolute Gasteiger partial charge is 0.417 e. The summed E-state index contributed by atoms with van der Waals surface area (Å²) in [6.07, 6.45) is -3.06. The molecule has 1 fully saturated rings. The van der Waals surface area contributed by atoms with Gasteiger partial charge in [-0.05, 0) is 44.0 Å². The Balaban J connectivity index is 0.00000264. The van der Waals surface area contributed by atoms with E-state index >= 15 is 0 Å². The minimum Gasteiger partial charge on any atom is -0.316 e. The van der Waals surface area contributed by atoms with Crippen molar-refractivity contribution in [1.29, 1.82) is 0 Å². The molecule has 1 atom stereocenters. The molecule has 0 spiro atoms. The maximum Gasteiger partial charge on any atom is 0.417 e. The summed E-state index contributed by atoms with van der Waals surface area (Å²) in [5.74, 6) is 0.0559. The van der Waals surface area contributed by atoms with Crippen LogP contribution in [0.5, 0.6) is 0 Å². The number of halogens is 5. The molecule has 1 aliphatic rings. The molecule has 132 valence electrons. The fraction of sp³-hybridized carbons (Fsp3) is 0.538. The van der Waals surface area contributed by atoms with Gasteiger partial charge in [0, 0.05) is 6.54 Å². The molecule has 1 aromatic carbocycles. The maximum absolute atomic E-state index is 13.0. The van der Waals surface area contributed by atoms with Crippen LogP contribution in [0.4, 0.5) is 13.2 Å². The highest BCUT2D eigenvalue weighted by atomic mass is 35.5. The van der Waals surface area contributed by atoms with E-state index in [2.05, 4.69) is 10.0 Å². The number of benzene rings is 1. The molecule has 1 aliphatic heterocycles. The van der Waals surface area contributed by atoms with Crippen LogP contribution < -0.4 is 10.0 Å². The van der Waals surface area contributed by atoms with Crippen molar-refractivity contribution in [2.45, 2.75) is 23.9 Å². The van der Waals surface area contributed by atoms with E-state index < -0.39 is 31.7 Å². The quantitative estimate of drug-likeness (QED) is 0.827. The first kappa shape index (κ1) is 20.5. The van der Waals surface area contributed by atoms with Gasteiger partial charge >= 0.3 is 6.18 Å². The lowest BCUT2D eigenvalue weighted by Crippen LogP contribution is -2.38. The normalized spacial score (nSPS) is 19.2. The van der Waals surface area contributed by atoms with E-state index in [1.807, 2.05) is 0 Å².